The van der Waals surface area contributed by atoms with Gasteiger partial charge in [-0.25, -0.2) is 4.79 Å². The Bertz CT molecular complexity index is 842. The van der Waals surface area contributed by atoms with Crippen molar-refractivity contribution in [1.82, 2.24) is 0 Å². The van der Waals surface area contributed by atoms with Crippen LogP contribution in [-0.2, 0) is 16.1 Å². The lowest BCUT2D eigenvalue weighted by molar-refractivity contribution is -0.384. The number of nitrogens with zero attached hydrogens (tertiary/aromatic N) is 1. The minimum atomic E-state index is -0.473. The van der Waals surface area contributed by atoms with Crippen LogP contribution in [0.15, 0.2) is 61.2 Å². The Balaban J connectivity index is 2.08. The zero-order valence-electron chi connectivity index (χ0n) is 14.8. The largest absolute Gasteiger partial charge is 0.493 e. The van der Waals surface area contributed by atoms with Gasteiger partial charge in [-0.2, -0.15) is 0 Å². The van der Waals surface area contributed by atoms with Crippen LogP contribution in [0.5, 0.6) is 11.5 Å². The Labute approximate surface area is 156 Å². The lowest BCUT2D eigenvalue weighted by Crippen LogP contribution is -2.00. The normalized spacial score (nSPS) is 10.4. The summed E-state index contributed by atoms with van der Waals surface area (Å²) in [4.78, 5) is 21.7. The van der Waals surface area contributed by atoms with Crippen molar-refractivity contribution in [2.75, 3.05) is 13.7 Å². The van der Waals surface area contributed by atoms with Crippen LogP contribution < -0.4 is 9.47 Å². The third-order valence-electron chi connectivity index (χ3n) is 3.48. The van der Waals surface area contributed by atoms with Gasteiger partial charge in [-0.1, -0.05) is 18.7 Å². The molecule has 0 bridgehead atoms. The predicted molar refractivity (Wildman–Crippen MR) is 101 cm³/mol. The van der Waals surface area contributed by atoms with E-state index in [2.05, 4.69) is 6.58 Å². The van der Waals surface area contributed by atoms with E-state index in [-0.39, 0.29) is 18.9 Å². The van der Waals surface area contributed by atoms with E-state index in [4.69, 9.17) is 14.2 Å². The zero-order chi connectivity index (χ0) is 19.6. The van der Waals surface area contributed by atoms with Gasteiger partial charge in [0.2, 0.25) is 0 Å². The second kappa shape index (κ2) is 9.76. The van der Waals surface area contributed by atoms with E-state index in [1.54, 1.807) is 36.4 Å². The second-order valence-electron chi connectivity index (χ2n) is 5.37. The minimum absolute atomic E-state index is 0.0202. The van der Waals surface area contributed by atoms with Gasteiger partial charge < -0.3 is 14.2 Å². The molecule has 2 rings (SSSR count). The number of esters is 1. The van der Waals surface area contributed by atoms with Gasteiger partial charge in [-0.05, 0) is 41.5 Å². The van der Waals surface area contributed by atoms with Crippen LogP contribution in [0.4, 0.5) is 5.69 Å². The number of hydrogen-bond acceptors (Lipinski definition) is 6. The monoisotopic (exact) mass is 369 g/mol. The van der Waals surface area contributed by atoms with Gasteiger partial charge in [0, 0.05) is 18.2 Å². The molecule has 0 heterocycles. The molecule has 2 aromatic carbocycles. The first-order valence-electron chi connectivity index (χ1n) is 8.03. The average Bonchev–Trinajstić information content (AvgIpc) is 2.69. The third-order valence-corrected chi connectivity index (χ3v) is 3.48. The van der Waals surface area contributed by atoms with Crippen LogP contribution in [0.2, 0.25) is 0 Å². The average molecular weight is 369 g/mol. The predicted octanol–water partition coefficient (Wildman–Crippen LogP) is 3.92. The molecular formula is C20H19NO6. The highest BCUT2D eigenvalue weighted by atomic mass is 16.6. The molecule has 0 saturated carbocycles. The maximum absolute atomic E-state index is 11.5. The van der Waals surface area contributed by atoms with Crippen molar-refractivity contribution < 1.29 is 23.9 Å². The summed E-state index contributed by atoms with van der Waals surface area (Å²) in [6.07, 6.45) is 4.40. The molecule has 0 N–H and O–H groups in total. The van der Waals surface area contributed by atoms with Gasteiger partial charge in [0.15, 0.2) is 11.5 Å². The summed E-state index contributed by atoms with van der Waals surface area (Å²) >= 11 is 0. The highest BCUT2D eigenvalue weighted by Crippen LogP contribution is 2.29. The lowest BCUT2D eigenvalue weighted by atomic mass is 10.2. The molecule has 0 unspecified atom stereocenters. The maximum Gasteiger partial charge on any atom is 0.331 e. The summed E-state index contributed by atoms with van der Waals surface area (Å²) in [5.74, 6) is 0.542. The number of hydrogen-bond donors (Lipinski definition) is 0. The van der Waals surface area contributed by atoms with Gasteiger partial charge in [0.1, 0.15) is 13.2 Å². The first-order valence-corrected chi connectivity index (χ1v) is 8.03. The van der Waals surface area contributed by atoms with Crippen LogP contribution in [0.25, 0.3) is 6.08 Å². The summed E-state index contributed by atoms with van der Waals surface area (Å²) in [5, 5.41) is 10.7. The molecule has 7 heteroatoms. The fourth-order valence-electron chi connectivity index (χ4n) is 2.14. The summed E-state index contributed by atoms with van der Waals surface area (Å²) < 4.78 is 15.9. The van der Waals surface area contributed by atoms with E-state index in [9.17, 15) is 14.9 Å². The molecule has 2 aromatic rings. The molecule has 0 aliphatic carbocycles. The molecular weight excluding hydrogens is 350 g/mol. The molecule has 0 aromatic heterocycles. The van der Waals surface area contributed by atoms with E-state index in [1.165, 1.54) is 31.4 Å². The molecule has 7 nitrogen and oxygen atoms in total. The maximum atomic E-state index is 11.5. The topological polar surface area (TPSA) is 87.9 Å². The van der Waals surface area contributed by atoms with Gasteiger partial charge in [-0.3, -0.25) is 10.1 Å². The van der Waals surface area contributed by atoms with Crippen molar-refractivity contribution in [2.45, 2.75) is 6.61 Å². The fraction of sp³-hybridized carbons (Fsp3) is 0.150. The standard InChI is InChI=1S/C20H19NO6/c1-3-12-26-20(22)11-7-15-6-10-18(25-2)19(13-15)27-14-16-4-8-17(9-5-16)21(23)24/h3-11,13H,1,12,14H2,2H3/b11-7+. The van der Waals surface area contributed by atoms with E-state index >= 15 is 0 Å². The molecule has 0 radical (unpaired) electrons. The summed E-state index contributed by atoms with van der Waals surface area (Å²) in [7, 11) is 1.52. The minimum Gasteiger partial charge on any atom is -0.493 e. The third kappa shape index (κ3) is 6.00. The molecule has 27 heavy (non-hydrogen) atoms. The highest BCUT2D eigenvalue weighted by molar-refractivity contribution is 5.87. The summed E-state index contributed by atoms with van der Waals surface area (Å²) in [6, 6.07) is 11.3. The van der Waals surface area contributed by atoms with Gasteiger partial charge >= 0.3 is 5.97 Å². The molecule has 0 amide bonds. The number of carbonyl (C=O) groups excluding carboxylic acids is 1. The highest BCUT2D eigenvalue weighted by Gasteiger charge is 2.08. The Morgan fingerprint density at radius 3 is 2.56 bits per heavy atom. The van der Waals surface area contributed by atoms with Crippen molar-refractivity contribution in [3.05, 3.63) is 82.4 Å². The molecule has 0 aliphatic rings. The number of non-ortho nitro benzene ring substituents is 1. The quantitative estimate of drug-likeness (QED) is 0.219. The van der Waals surface area contributed by atoms with Crippen molar-refractivity contribution in [3.8, 4) is 11.5 Å². The van der Waals surface area contributed by atoms with Crippen molar-refractivity contribution in [1.29, 1.82) is 0 Å². The number of carbonyl (C=O) groups is 1. The molecule has 0 spiro atoms. The molecule has 0 fully saturated rings. The second-order valence-corrected chi connectivity index (χ2v) is 5.37. The number of ether oxygens (including phenoxy) is 3. The van der Waals surface area contributed by atoms with Crippen LogP contribution in [0, 0.1) is 10.1 Å². The number of methoxy groups -OCH3 is 1. The van der Waals surface area contributed by atoms with Crippen LogP contribution in [0.3, 0.4) is 0 Å². The number of benzene rings is 2. The number of nitro benzene ring substituents is 1. The van der Waals surface area contributed by atoms with Crippen LogP contribution in [-0.4, -0.2) is 24.6 Å². The van der Waals surface area contributed by atoms with Gasteiger partial charge in [0.25, 0.3) is 5.69 Å². The molecule has 0 saturated heterocycles. The SMILES string of the molecule is C=CCOC(=O)/C=C/c1ccc(OC)c(OCc2ccc([N+](=O)[O-])cc2)c1. The van der Waals surface area contributed by atoms with Crippen molar-refractivity contribution >= 4 is 17.7 Å². The fourth-order valence-corrected chi connectivity index (χ4v) is 2.14. The van der Waals surface area contributed by atoms with E-state index in [0.29, 0.717) is 11.5 Å². The first kappa shape index (κ1) is 19.7. The first-order chi connectivity index (χ1) is 13.0. The Morgan fingerprint density at radius 2 is 1.93 bits per heavy atom. The van der Waals surface area contributed by atoms with Gasteiger partial charge in [-0.15, -0.1) is 0 Å². The van der Waals surface area contributed by atoms with Crippen LogP contribution in [0.1, 0.15) is 11.1 Å². The summed E-state index contributed by atoms with van der Waals surface area (Å²) in [6.45, 7) is 3.83. The Hall–Kier alpha value is -3.61. The van der Waals surface area contributed by atoms with Crippen molar-refractivity contribution in [2.24, 2.45) is 0 Å². The number of rotatable bonds is 9. The Kier molecular flexibility index (Phi) is 7.13. The van der Waals surface area contributed by atoms with Crippen molar-refractivity contribution in [3.63, 3.8) is 0 Å². The Morgan fingerprint density at radius 1 is 1.19 bits per heavy atom. The van der Waals surface area contributed by atoms with Crippen LogP contribution >= 0.6 is 0 Å². The van der Waals surface area contributed by atoms with E-state index < -0.39 is 10.9 Å². The molecule has 0 aliphatic heterocycles. The van der Waals surface area contributed by atoms with E-state index in [0.717, 1.165) is 11.1 Å². The van der Waals surface area contributed by atoms with E-state index in [1.807, 2.05) is 0 Å². The molecule has 140 valence electrons. The smallest absolute Gasteiger partial charge is 0.331 e. The number of nitro groups is 1. The summed E-state index contributed by atoms with van der Waals surface area (Å²) in [5.41, 5.74) is 1.52. The molecule has 0 atom stereocenters. The lowest BCUT2D eigenvalue weighted by Gasteiger charge is -2.11. The van der Waals surface area contributed by atoms with Gasteiger partial charge in [0.05, 0.1) is 12.0 Å². The zero-order valence-corrected chi connectivity index (χ0v) is 14.8.